The van der Waals surface area contributed by atoms with Gasteiger partial charge in [0.15, 0.2) is 0 Å². The summed E-state index contributed by atoms with van der Waals surface area (Å²) in [7, 11) is -4.24. The van der Waals surface area contributed by atoms with Crippen LogP contribution in [-0.4, -0.2) is 32.0 Å². The molecular formula is C12H17F3O3Si. The molecular weight excluding hydrogens is 277 g/mol. The van der Waals surface area contributed by atoms with Gasteiger partial charge in [-0.15, -0.1) is 0 Å². The van der Waals surface area contributed by atoms with Crippen molar-refractivity contribution in [3.63, 3.8) is 0 Å². The summed E-state index contributed by atoms with van der Waals surface area (Å²) in [6.07, 6.45) is -3.88. The zero-order chi connectivity index (χ0) is 14.7. The fourth-order valence-electron chi connectivity index (χ4n) is 1.43. The fourth-order valence-corrected chi connectivity index (χ4v) is 3.62. The SMILES string of the molecule is CC(C)O[Si](O)(OC(C)(F)C(F)F)c1ccccc1. The van der Waals surface area contributed by atoms with E-state index in [1.807, 2.05) is 0 Å². The predicted molar refractivity (Wildman–Crippen MR) is 66.9 cm³/mol. The summed E-state index contributed by atoms with van der Waals surface area (Å²) >= 11 is 0. The molecule has 19 heavy (non-hydrogen) atoms. The maximum atomic E-state index is 13.7. The molecule has 0 bridgehead atoms. The third-order valence-corrected chi connectivity index (χ3v) is 4.79. The molecule has 1 N–H and O–H groups in total. The Balaban J connectivity index is 3.07. The highest BCUT2D eigenvalue weighted by molar-refractivity contribution is 6.74. The van der Waals surface area contributed by atoms with Gasteiger partial charge in [-0.25, -0.2) is 13.2 Å². The third kappa shape index (κ3) is 4.31. The Kier molecular flexibility index (Phi) is 5.14. The molecule has 0 aliphatic heterocycles. The first-order chi connectivity index (χ1) is 8.67. The van der Waals surface area contributed by atoms with Gasteiger partial charge in [-0.2, -0.15) is 0 Å². The van der Waals surface area contributed by atoms with Gasteiger partial charge in [0.05, 0.1) is 0 Å². The van der Waals surface area contributed by atoms with Gasteiger partial charge in [0.1, 0.15) is 0 Å². The second-order valence-corrected chi connectivity index (χ2v) is 6.68. The van der Waals surface area contributed by atoms with Crippen LogP contribution in [0.5, 0.6) is 0 Å². The minimum Gasteiger partial charge on any atom is -0.386 e. The summed E-state index contributed by atoms with van der Waals surface area (Å²) in [5, 5.41) is 0.174. The van der Waals surface area contributed by atoms with Crippen molar-refractivity contribution in [3.8, 4) is 0 Å². The first kappa shape index (κ1) is 16.2. The largest absolute Gasteiger partial charge is 0.537 e. The van der Waals surface area contributed by atoms with Crippen molar-refractivity contribution < 1.29 is 26.8 Å². The van der Waals surface area contributed by atoms with Crippen LogP contribution < -0.4 is 5.19 Å². The van der Waals surface area contributed by atoms with Gasteiger partial charge in [-0.1, -0.05) is 30.3 Å². The Labute approximate surface area is 111 Å². The van der Waals surface area contributed by atoms with Gasteiger partial charge in [0.25, 0.3) is 12.3 Å². The van der Waals surface area contributed by atoms with E-state index in [0.29, 0.717) is 6.92 Å². The van der Waals surface area contributed by atoms with Crippen LogP contribution in [0, 0.1) is 0 Å². The lowest BCUT2D eigenvalue weighted by Gasteiger charge is -2.32. The molecule has 0 saturated carbocycles. The van der Waals surface area contributed by atoms with E-state index in [9.17, 15) is 18.0 Å². The second-order valence-electron chi connectivity index (χ2n) is 4.50. The number of halogens is 3. The first-order valence-corrected chi connectivity index (χ1v) is 7.56. The Bertz CT molecular complexity index is 400. The monoisotopic (exact) mass is 294 g/mol. The lowest BCUT2D eigenvalue weighted by Crippen LogP contribution is -2.60. The molecule has 108 valence electrons. The average molecular weight is 294 g/mol. The maximum absolute atomic E-state index is 13.7. The molecule has 0 fully saturated rings. The van der Waals surface area contributed by atoms with Crippen LogP contribution in [0.25, 0.3) is 0 Å². The smallest absolute Gasteiger partial charge is 0.386 e. The molecule has 0 saturated heterocycles. The van der Waals surface area contributed by atoms with Crippen LogP contribution in [0.1, 0.15) is 20.8 Å². The summed E-state index contributed by atoms with van der Waals surface area (Å²) in [5.74, 6) is -3.27. The highest BCUT2D eigenvalue weighted by Crippen LogP contribution is 2.26. The molecule has 3 nitrogen and oxygen atoms in total. The Morgan fingerprint density at radius 2 is 1.74 bits per heavy atom. The molecule has 0 aromatic heterocycles. The van der Waals surface area contributed by atoms with Crippen molar-refractivity contribution in [2.75, 3.05) is 0 Å². The normalized spacial score (nSPS) is 18.4. The number of hydrogen-bond acceptors (Lipinski definition) is 3. The lowest BCUT2D eigenvalue weighted by atomic mass is 10.4. The van der Waals surface area contributed by atoms with Gasteiger partial charge >= 0.3 is 8.80 Å². The molecule has 0 aliphatic rings. The van der Waals surface area contributed by atoms with E-state index >= 15 is 0 Å². The topological polar surface area (TPSA) is 38.7 Å². The third-order valence-electron chi connectivity index (χ3n) is 2.26. The number of hydrogen-bond donors (Lipinski definition) is 1. The molecule has 0 heterocycles. The molecule has 1 rings (SSSR count). The van der Waals surface area contributed by atoms with E-state index in [-0.39, 0.29) is 5.19 Å². The van der Waals surface area contributed by atoms with E-state index < -0.39 is 27.2 Å². The highest BCUT2D eigenvalue weighted by Gasteiger charge is 2.51. The van der Waals surface area contributed by atoms with E-state index in [1.165, 1.54) is 12.1 Å². The van der Waals surface area contributed by atoms with Gasteiger partial charge < -0.3 is 13.6 Å². The zero-order valence-corrected chi connectivity index (χ0v) is 11.9. The number of rotatable bonds is 6. The summed E-state index contributed by atoms with van der Waals surface area (Å²) < 4.78 is 48.6. The van der Waals surface area contributed by atoms with Crippen molar-refractivity contribution in [2.45, 2.75) is 39.2 Å². The standard InChI is InChI=1S/C12H17F3O3Si/c1-9(2)17-19(16,10-7-5-4-6-8-10)18-12(3,15)11(13)14/h4-9,11,16H,1-3H3. The number of benzene rings is 1. The van der Waals surface area contributed by atoms with Crippen LogP contribution in [0.2, 0.25) is 0 Å². The van der Waals surface area contributed by atoms with Crippen molar-refractivity contribution >= 4 is 14.0 Å². The van der Waals surface area contributed by atoms with Crippen molar-refractivity contribution in [1.82, 2.24) is 0 Å². The van der Waals surface area contributed by atoms with Crippen molar-refractivity contribution in [1.29, 1.82) is 0 Å². The lowest BCUT2D eigenvalue weighted by molar-refractivity contribution is -0.179. The summed E-state index contributed by atoms with van der Waals surface area (Å²) in [4.78, 5) is 10.4. The summed E-state index contributed by atoms with van der Waals surface area (Å²) in [5.41, 5.74) is 0. The maximum Gasteiger partial charge on any atom is 0.537 e. The van der Waals surface area contributed by atoms with Crippen LogP contribution in [0.15, 0.2) is 30.3 Å². The number of alkyl halides is 3. The van der Waals surface area contributed by atoms with E-state index in [2.05, 4.69) is 4.43 Å². The highest BCUT2D eigenvalue weighted by atomic mass is 28.4. The predicted octanol–water partition coefficient (Wildman–Crippen LogP) is 2.22. The van der Waals surface area contributed by atoms with Crippen molar-refractivity contribution in [3.05, 3.63) is 30.3 Å². The Morgan fingerprint density at radius 1 is 1.21 bits per heavy atom. The molecule has 2 atom stereocenters. The summed E-state index contributed by atoms with van der Waals surface area (Å²) in [6.45, 7) is 3.77. The van der Waals surface area contributed by atoms with Gasteiger partial charge in [0.2, 0.25) is 0 Å². The molecule has 0 amide bonds. The average Bonchev–Trinajstić information content (AvgIpc) is 2.28. The van der Waals surface area contributed by atoms with Crippen LogP contribution in [0.4, 0.5) is 13.2 Å². The fraction of sp³-hybridized carbons (Fsp3) is 0.500. The van der Waals surface area contributed by atoms with Crippen LogP contribution in [-0.2, 0) is 8.85 Å². The summed E-state index contributed by atoms with van der Waals surface area (Å²) in [6, 6.07) is 7.75. The Morgan fingerprint density at radius 3 is 2.16 bits per heavy atom. The zero-order valence-electron chi connectivity index (χ0n) is 10.9. The molecule has 7 heteroatoms. The van der Waals surface area contributed by atoms with Gasteiger partial charge in [-0.3, -0.25) is 0 Å². The van der Waals surface area contributed by atoms with Crippen molar-refractivity contribution in [2.24, 2.45) is 0 Å². The van der Waals surface area contributed by atoms with Crippen LogP contribution in [0.3, 0.4) is 0 Å². The van der Waals surface area contributed by atoms with E-state index in [4.69, 9.17) is 4.43 Å². The first-order valence-electron chi connectivity index (χ1n) is 5.80. The molecule has 1 aromatic carbocycles. The minimum absolute atomic E-state index is 0.174. The van der Waals surface area contributed by atoms with Gasteiger partial charge in [-0.05, 0) is 20.8 Å². The quantitative estimate of drug-likeness (QED) is 0.818. The second kappa shape index (κ2) is 6.04. The molecule has 2 unspecified atom stereocenters. The Hall–Kier alpha value is -0.893. The van der Waals surface area contributed by atoms with E-state index in [1.54, 1.807) is 32.0 Å². The molecule has 0 aliphatic carbocycles. The molecule has 1 aromatic rings. The van der Waals surface area contributed by atoms with Crippen LogP contribution >= 0.6 is 0 Å². The minimum atomic E-state index is -4.24. The van der Waals surface area contributed by atoms with E-state index in [0.717, 1.165) is 0 Å². The molecule has 0 spiro atoms. The van der Waals surface area contributed by atoms with Gasteiger partial charge in [0, 0.05) is 11.3 Å². The molecule has 0 radical (unpaired) electrons.